The van der Waals surface area contributed by atoms with Gasteiger partial charge < -0.3 is 9.47 Å². The lowest BCUT2D eigenvalue weighted by atomic mass is 10.2. The number of rotatable bonds is 5. The summed E-state index contributed by atoms with van der Waals surface area (Å²) in [6.07, 6.45) is 0.905. The highest BCUT2D eigenvalue weighted by Crippen LogP contribution is 2.24. The third-order valence-electron chi connectivity index (χ3n) is 3.01. The Morgan fingerprint density at radius 2 is 1.80 bits per heavy atom. The Hall–Kier alpha value is -1.86. The number of hydrogen-bond acceptors (Lipinski definition) is 3. The molecule has 0 aliphatic rings. The van der Waals surface area contributed by atoms with Crippen LogP contribution in [-0.2, 0) is 0 Å². The molecule has 0 aliphatic heterocycles. The number of hydrogen-bond donors (Lipinski definition) is 0. The Bertz CT molecular complexity index is 623. The first kappa shape index (κ1) is 14.5. The Morgan fingerprint density at radius 1 is 1.00 bits per heavy atom. The van der Waals surface area contributed by atoms with Crippen LogP contribution in [0.25, 0.3) is 0 Å². The number of benzene rings is 2. The van der Waals surface area contributed by atoms with Crippen LogP contribution in [0.5, 0.6) is 11.5 Å². The van der Waals surface area contributed by atoms with Gasteiger partial charge in [-0.2, -0.15) is 0 Å². The first-order valence-corrected chi connectivity index (χ1v) is 7.23. The minimum Gasteiger partial charge on any atom is -0.497 e. The highest BCUT2D eigenvalue weighted by Gasteiger charge is 2.09. The van der Waals surface area contributed by atoms with Crippen LogP contribution in [0.4, 0.5) is 0 Å². The minimum absolute atomic E-state index is 0.348. The molecule has 1 unspecified atom stereocenters. The van der Waals surface area contributed by atoms with E-state index in [2.05, 4.69) is 0 Å². The van der Waals surface area contributed by atoms with E-state index < -0.39 is 0 Å². The minimum atomic E-state index is 0.348. The van der Waals surface area contributed by atoms with E-state index in [0.29, 0.717) is 8.58 Å². The molecule has 20 heavy (non-hydrogen) atoms. The van der Waals surface area contributed by atoms with E-state index in [9.17, 15) is 4.79 Å². The SMILES string of the molecule is COc1ccc(OC)c(Pc2ccc(C)cc2C=O)c1. The molecule has 0 saturated heterocycles. The summed E-state index contributed by atoms with van der Waals surface area (Å²) in [7, 11) is 3.63. The second-order valence-corrected chi connectivity index (χ2v) is 5.73. The van der Waals surface area contributed by atoms with Gasteiger partial charge >= 0.3 is 0 Å². The van der Waals surface area contributed by atoms with Crippen molar-refractivity contribution in [2.75, 3.05) is 14.2 Å². The van der Waals surface area contributed by atoms with Crippen LogP contribution in [0.1, 0.15) is 15.9 Å². The third kappa shape index (κ3) is 3.17. The van der Waals surface area contributed by atoms with Crippen LogP contribution in [-0.4, -0.2) is 20.5 Å². The third-order valence-corrected chi connectivity index (χ3v) is 4.39. The van der Waals surface area contributed by atoms with Crippen molar-refractivity contribution in [2.45, 2.75) is 6.92 Å². The van der Waals surface area contributed by atoms with Crippen LogP contribution in [0.2, 0.25) is 0 Å². The van der Waals surface area contributed by atoms with Crippen molar-refractivity contribution in [3.05, 3.63) is 47.5 Å². The summed E-state index contributed by atoms with van der Waals surface area (Å²) in [6, 6.07) is 11.6. The van der Waals surface area contributed by atoms with E-state index in [4.69, 9.17) is 9.47 Å². The van der Waals surface area contributed by atoms with Gasteiger partial charge in [-0.1, -0.05) is 26.3 Å². The van der Waals surface area contributed by atoms with Crippen molar-refractivity contribution in [3.8, 4) is 11.5 Å². The topological polar surface area (TPSA) is 35.5 Å². The smallest absolute Gasteiger partial charge is 0.150 e. The van der Waals surface area contributed by atoms with Gasteiger partial charge in [0, 0.05) is 10.9 Å². The van der Waals surface area contributed by atoms with Crippen molar-refractivity contribution in [1.29, 1.82) is 0 Å². The number of aryl methyl sites for hydroxylation is 1. The van der Waals surface area contributed by atoms with Crippen molar-refractivity contribution in [1.82, 2.24) is 0 Å². The fraction of sp³-hybridized carbons (Fsp3) is 0.188. The largest absolute Gasteiger partial charge is 0.497 e. The van der Waals surface area contributed by atoms with E-state index in [1.807, 2.05) is 43.3 Å². The molecule has 0 radical (unpaired) electrons. The molecule has 0 heterocycles. The average molecular weight is 288 g/mol. The normalized spacial score (nSPS) is 10.8. The zero-order valence-electron chi connectivity index (χ0n) is 11.8. The van der Waals surface area contributed by atoms with Crippen LogP contribution < -0.4 is 20.1 Å². The van der Waals surface area contributed by atoms with Gasteiger partial charge in [0.15, 0.2) is 6.29 Å². The molecule has 0 spiro atoms. The molecular weight excluding hydrogens is 271 g/mol. The van der Waals surface area contributed by atoms with Crippen molar-refractivity contribution < 1.29 is 14.3 Å². The second-order valence-electron chi connectivity index (χ2n) is 4.40. The van der Waals surface area contributed by atoms with Crippen molar-refractivity contribution in [2.24, 2.45) is 0 Å². The lowest BCUT2D eigenvalue weighted by Crippen LogP contribution is -2.11. The number of aldehydes is 1. The molecule has 2 rings (SSSR count). The molecule has 2 aromatic rings. The molecule has 4 heteroatoms. The molecule has 0 fully saturated rings. The fourth-order valence-corrected chi connectivity index (χ4v) is 3.21. The predicted molar refractivity (Wildman–Crippen MR) is 83.7 cm³/mol. The summed E-state index contributed by atoms with van der Waals surface area (Å²) >= 11 is 0. The van der Waals surface area contributed by atoms with Crippen LogP contribution in [0.15, 0.2) is 36.4 Å². The van der Waals surface area contributed by atoms with E-state index in [-0.39, 0.29) is 0 Å². The van der Waals surface area contributed by atoms with Gasteiger partial charge in [-0.15, -0.1) is 0 Å². The molecule has 0 aliphatic carbocycles. The lowest BCUT2D eigenvalue weighted by Gasteiger charge is -2.12. The molecule has 0 N–H and O–H groups in total. The molecule has 0 saturated carbocycles. The van der Waals surface area contributed by atoms with Gasteiger partial charge in [-0.05, 0) is 36.5 Å². The summed E-state index contributed by atoms with van der Waals surface area (Å²) in [4.78, 5) is 11.2. The number of carbonyl (C=O) groups excluding carboxylic acids is 1. The van der Waals surface area contributed by atoms with E-state index in [1.54, 1.807) is 14.2 Å². The molecule has 1 atom stereocenters. The Labute approximate surface area is 120 Å². The van der Waals surface area contributed by atoms with Gasteiger partial charge in [-0.25, -0.2) is 0 Å². The second kappa shape index (κ2) is 6.53. The van der Waals surface area contributed by atoms with Crippen LogP contribution in [0, 0.1) is 6.92 Å². The average Bonchev–Trinajstić information content (AvgIpc) is 2.48. The van der Waals surface area contributed by atoms with Crippen LogP contribution >= 0.6 is 8.58 Å². The molecule has 2 aromatic carbocycles. The Balaban J connectivity index is 2.40. The first-order valence-electron chi connectivity index (χ1n) is 6.23. The molecule has 104 valence electrons. The van der Waals surface area contributed by atoms with Crippen molar-refractivity contribution >= 4 is 25.5 Å². The van der Waals surface area contributed by atoms with Crippen molar-refractivity contribution in [3.63, 3.8) is 0 Å². The first-order chi connectivity index (χ1) is 9.67. The van der Waals surface area contributed by atoms with Gasteiger partial charge in [0.2, 0.25) is 0 Å². The molecular formula is C16H17O3P. The maximum Gasteiger partial charge on any atom is 0.150 e. The van der Waals surface area contributed by atoms with Gasteiger partial charge in [-0.3, -0.25) is 4.79 Å². The highest BCUT2D eigenvalue weighted by atomic mass is 31.1. The lowest BCUT2D eigenvalue weighted by molar-refractivity contribution is 0.112. The number of ether oxygens (including phenoxy) is 2. The zero-order valence-corrected chi connectivity index (χ0v) is 12.8. The van der Waals surface area contributed by atoms with Gasteiger partial charge in [0.1, 0.15) is 11.5 Å². The molecule has 0 bridgehead atoms. The molecule has 3 nitrogen and oxygen atoms in total. The standard InChI is InChI=1S/C16H17O3P/c1-11-4-7-15(12(8-11)10-17)20-16-9-13(18-2)5-6-14(16)19-3/h4-10,20H,1-3H3. The number of carbonyl (C=O) groups is 1. The van der Waals surface area contributed by atoms with E-state index >= 15 is 0 Å². The van der Waals surface area contributed by atoms with Gasteiger partial charge in [0.25, 0.3) is 0 Å². The summed E-state index contributed by atoms with van der Waals surface area (Å²) in [5, 5.41) is 2.04. The fourth-order valence-electron chi connectivity index (χ4n) is 1.95. The molecule has 0 aromatic heterocycles. The Morgan fingerprint density at radius 3 is 2.45 bits per heavy atom. The summed E-state index contributed by atoms with van der Waals surface area (Å²) < 4.78 is 10.6. The zero-order chi connectivity index (χ0) is 14.5. The summed E-state index contributed by atoms with van der Waals surface area (Å²) in [5.41, 5.74) is 1.81. The predicted octanol–water partition coefficient (Wildman–Crippen LogP) is 2.45. The monoisotopic (exact) mass is 288 g/mol. The summed E-state index contributed by atoms with van der Waals surface area (Å²) in [6.45, 7) is 1.98. The quantitative estimate of drug-likeness (QED) is 0.626. The van der Waals surface area contributed by atoms with Crippen LogP contribution in [0.3, 0.4) is 0 Å². The van der Waals surface area contributed by atoms with Gasteiger partial charge in [0.05, 0.1) is 14.2 Å². The van der Waals surface area contributed by atoms with E-state index in [0.717, 1.165) is 39.5 Å². The highest BCUT2D eigenvalue weighted by molar-refractivity contribution is 7.56. The Kier molecular flexibility index (Phi) is 4.75. The summed E-state index contributed by atoms with van der Waals surface area (Å²) in [5.74, 6) is 1.59. The van der Waals surface area contributed by atoms with E-state index in [1.165, 1.54) is 0 Å². The maximum absolute atomic E-state index is 11.2. The maximum atomic E-state index is 11.2. The molecule has 0 amide bonds. The number of methoxy groups -OCH3 is 2.